The molecule has 1 rings (SSSR count). The number of nitrogens with one attached hydrogen (secondary N) is 1. The fourth-order valence-corrected chi connectivity index (χ4v) is 1.92. The van der Waals surface area contributed by atoms with Crippen LogP contribution in [0.25, 0.3) is 0 Å². The van der Waals surface area contributed by atoms with E-state index in [-0.39, 0.29) is 12.0 Å². The molecule has 102 valence electrons. The van der Waals surface area contributed by atoms with Gasteiger partial charge in [0.15, 0.2) is 6.29 Å². The molecular formula is C11H23NO5. The highest BCUT2D eigenvalue weighted by Crippen LogP contribution is 2.20. The summed E-state index contributed by atoms with van der Waals surface area (Å²) in [5, 5.41) is 41.5. The van der Waals surface area contributed by atoms with E-state index >= 15 is 0 Å². The van der Waals surface area contributed by atoms with Gasteiger partial charge < -0.3 is 30.5 Å². The maximum Gasteiger partial charge on any atom is 0.173 e. The Labute approximate surface area is 101 Å². The summed E-state index contributed by atoms with van der Waals surface area (Å²) in [6.07, 6.45) is -4.01. The molecule has 0 aromatic heterocycles. The van der Waals surface area contributed by atoms with Crippen molar-refractivity contribution >= 4 is 0 Å². The lowest BCUT2D eigenvalue weighted by Crippen LogP contribution is -2.55. The van der Waals surface area contributed by atoms with E-state index in [9.17, 15) is 15.3 Å². The van der Waals surface area contributed by atoms with Crippen molar-refractivity contribution in [2.75, 3.05) is 6.61 Å². The van der Waals surface area contributed by atoms with Gasteiger partial charge in [-0.3, -0.25) is 0 Å². The van der Waals surface area contributed by atoms with Gasteiger partial charge in [-0.25, -0.2) is 0 Å². The largest absolute Gasteiger partial charge is 0.394 e. The summed E-state index contributed by atoms with van der Waals surface area (Å²) in [6.45, 7) is 5.30. The minimum absolute atomic E-state index is 0.0516. The molecule has 5 unspecified atom stereocenters. The predicted molar refractivity (Wildman–Crippen MR) is 61.3 cm³/mol. The van der Waals surface area contributed by atoms with Crippen molar-refractivity contribution in [1.82, 2.24) is 5.32 Å². The second-order valence-electron chi connectivity index (χ2n) is 5.54. The second-order valence-corrected chi connectivity index (χ2v) is 5.54. The first-order valence-corrected chi connectivity index (χ1v) is 5.83. The Bertz CT molecular complexity index is 243. The van der Waals surface area contributed by atoms with Gasteiger partial charge in [0.2, 0.25) is 0 Å². The molecule has 0 aromatic rings. The standard InChI is InChI=1S/C11H23NO5/c1-11(2,3)12-9-7(15)4-6(14)8(5-13)17-10(9)16/h6-10,12-16H,4-5H2,1-3H3. The average molecular weight is 249 g/mol. The van der Waals surface area contributed by atoms with Gasteiger partial charge in [-0.2, -0.15) is 0 Å². The van der Waals surface area contributed by atoms with Gasteiger partial charge in [0, 0.05) is 12.0 Å². The van der Waals surface area contributed by atoms with Crippen molar-refractivity contribution in [3.63, 3.8) is 0 Å². The topological polar surface area (TPSA) is 102 Å². The quantitative estimate of drug-likeness (QED) is 0.411. The zero-order valence-corrected chi connectivity index (χ0v) is 10.5. The summed E-state index contributed by atoms with van der Waals surface area (Å²) < 4.78 is 5.13. The number of aliphatic hydroxyl groups excluding tert-OH is 4. The summed E-state index contributed by atoms with van der Waals surface area (Å²) in [5.74, 6) is 0. The van der Waals surface area contributed by atoms with Crippen molar-refractivity contribution in [2.45, 2.75) is 63.4 Å². The lowest BCUT2D eigenvalue weighted by atomic mass is 9.99. The molecule has 0 radical (unpaired) electrons. The molecule has 0 bridgehead atoms. The van der Waals surface area contributed by atoms with E-state index in [1.807, 2.05) is 20.8 Å². The number of rotatable bonds is 2. The van der Waals surface area contributed by atoms with E-state index in [2.05, 4.69) is 5.32 Å². The molecule has 17 heavy (non-hydrogen) atoms. The molecule has 0 saturated carbocycles. The van der Waals surface area contributed by atoms with Crippen molar-refractivity contribution in [2.24, 2.45) is 0 Å². The summed E-state index contributed by atoms with van der Waals surface area (Å²) in [5.41, 5.74) is -0.306. The second kappa shape index (κ2) is 5.60. The van der Waals surface area contributed by atoms with Crippen LogP contribution in [0.4, 0.5) is 0 Å². The number of hydrogen-bond donors (Lipinski definition) is 5. The monoisotopic (exact) mass is 249 g/mol. The van der Waals surface area contributed by atoms with Gasteiger partial charge in [0.25, 0.3) is 0 Å². The summed E-state index contributed by atoms with van der Waals surface area (Å²) >= 11 is 0. The lowest BCUT2D eigenvalue weighted by molar-refractivity contribution is -0.180. The summed E-state index contributed by atoms with van der Waals surface area (Å²) in [7, 11) is 0. The maximum atomic E-state index is 9.92. The van der Waals surface area contributed by atoms with Crippen molar-refractivity contribution < 1.29 is 25.2 Å². The first-order valence-electron chi connectivity index (χ1n) is 5.83. The third-order valence-corrected chi connectivity index (χ3v) is 2.73. The van der Waals surface area contributed by atoms with E-state index in [1.165, 1.54) is 0 Å². The molecule has 0 aliphatic carbocycles. The van der Waals surface area contributed by atoms with Crippen LogP contribution in [-0.4, -0.2) is 63.2 Å². The number of ether oxygens (including phenoxy) is 1. The minimum Gasteiger partial charge on any atom is -0.394 e. The molecule has 0 spiro atoms. The fourth-order valence-electron chi connectivity index (χ4n) is 1.92. The van der Waals surface area contributed by atoms with E-state index in [0.29, 0.717) is 0 Å². The summed E-state index contributed by atoms with van der Waals surface area (Å²) in [4.78, 5) is 0. The first kappa shape index (κ1) is 14.8. The molecule has 1 heterocycles. The Kier molecular flexibility index (Phi) is 4.88. The Morgan fingerprint density at radius 3 is 2.24 bits per heavy atom. The molecule has 6 nitrogen and oxygen atoms in total. The van der Waals surface area contributed by atoms with Gasteiger partial charge >= 0.3 is 0 Å². The molecule has 1 saturated heterocycles. The Hall–Kier alpha value is -0.240. The van der Waals surface area contributed by atoms with Crippen molar-refractivity contribution in [1.29, 1.82) is 0 Å². The fraction of sp³-hybridized carbons (Fsp3) is 1.00. The van der Waals surface area contributed by atoms with Crippen LogP contribution in [0.15, 0.2) is 0 Å². The first-order chi connectivity index (χ1) is 7.74. The molecule has 6 heteroatoms. The number of aliphatic hydroxyl groups is 4. The molecular weight excluding hydrogens is 226 g/mol. The normalized spacial score (nSPS) is 40.1. The third-order valence-electron chi connectivity index (χ3n) is 2.73. The van der Waals surface area contributed by atoms with Gasteiger partial charge in [0.1, 0.15) is 6.10 Å². The molecule has 1 aliphatic rings. The predicted octanol–water partition coefficient (Wildman–Crippen LogP) is -1.44. The van der Waals surface area contributed by atoms with E-state index in [0.717, 1.165) is 0 Å². The smallest absolute Gasteiger partial charge is 0.173 e. The Balaban J connectivity index is 2.76. The van der Waals surface area contributed by atoms with Crippen LogP contribution in [0.2, 0.25) is 0 Å². The highest BCUT2D eigenvalue weighted by Gasteiger charge is 2.39. The van der Waals surface area contributed by atoms with Crippen LogP contribution in [-0.2, 0) is 4.74 Å². The molecule has 1 fully saturated rings. The highest BCUT2D eigenvalue weighted by atomic mass is 16.6. The molecule has 5 N–H and O–H groups in total. The van der Waals surface area contributed by atoms with Gasteiger partial charge in [0.05, 0.1) is 24.9 Å². The van der Waals surface area contributed by atoms with Crippen molar-refractivity contribution in [3.05, 3.63) is 0 Å². The zero-order valence-electron chi connectivity index (χ0n) is 10.5. The van der Waals surface area contributed by atoms with Gasteiger partial charge in [-0.15, -0.1) is 0 Å². The van der Waals surface area contributed by atoms with Crippen LogP contribution in [0.5, 0.6) is 0 Å². The lowest BCUT2D eigenvalue weighted by Gasteiger charge is -2.33. The molecule has 0 aromatic carbocycles. The van der Waals surface area contributed by atoms with Crippen molar-refractivity contribution in [3.8, 4) is 0 Å². The Morgan fingerprint density at radius 2 is 1.76 bits per heavy atom. The van der Waals surface area contributed by atoms with Crippen LogP contribution in [0.3, 0.4) is 0 Å². The SMILES string of the molecule is CC(C)(C)NC1C(O)CC(O)C(CO)OC1O. The zero-order chi connectivity index (χ0) is 13.2. The molecule has 0 amide bonds. The van der Waals surface area contributed by atoms with Gasteiger partial charge in [-0.1, -0.05) is 0 Å². The van der Waals surface area contributed by atoms with Crippen LogP contribution < -0.4 is 5.32 Å². The number of hydrogen-bond acceptors (Lipinski definition) is 6. The van der Waals surface area contributed by atoms with Crippen LogP contribution in [0, 0.1) is 0 Å². The molecule has 1 aliphatic heterocycles. The Morgan fingerprint density at radius 1 is 1.18 bits per heavy atom. The summed E-state index contributed by atoms with van der Waals surface area (Å²) in [6, 6.07) is -0.693. The molecule has 5 atom stereocenters. The van der Waals surface area contributed by atoms with E-state index < -0.39 is 37.3 Å². The van der Waals surface area contributed by atoms with E-state index in [4.69, 9.17) is 9.84 Å². The van der Waals surface area contributed by atoms with Crippen LogP contribution >= 0.6 is 0 Å². The maximum absolute atomic E-state index is 9.92. The third kappa shape index (κ3) is 4.17. The van der Waals surface area contributed by atoms with Crippen LogP contribution in [0.1, 0.15) is 27.2 Å². The van der Waals surface area contributed by atoms with E-state index in [1.54, 1.807) is 0 Å². The highest BCUT2D eigenvalue weighted by molar-refractivity contribution is 4.90. The van der Waals surface area contributed by atoms with Gasteiger partial charge in [-0.05, 0) is 20.8 Å². The minimum atomic E-state index is -1.27. The average Bonchev–Trinajstić information content (AvgIpc) is 2.28.